The number of para-hydroxylation sites is 1. The summed E-state index contributed by atoms with van der Waals surface area (Å²) in [6, 6.07) is 15.3. The largest absolute Gasteiger partial charge is 0.365 e. The minimum Gasteiger partial charge on any atom is -0.365 e. The molecule has 0 aromatic heterocycles. The van der Waals surface area contributed by atoms with E-state index in [9.17, 15) is 4.79 Å². The van der Waals surface area contributed by atoms with Gasteiger partial charge in [-0.3, -0.25) is 4.79 Å². The molecule has 1 N–H and O–H groups in total. The van der Waals surface area contributed by atoms with Crippen LogP contribution in [0.5, 0.6) is 0 Å². The van der Waals surface area contributed by atoms with Crippen LogP contribution >= 0.6 is 11.6 Å². The Kier molecular flexibility index (Phi) is 4.64. The van der Waals surface area contributed by atoms with E-state index in [4.69, 9.17) is 11.6 Å². The van der Waals surface area contributed by atoms with Crippen LogP contribution in [-0.4, -0.2) is 19.5 Å². The monoisotopic (exact) mass is 288 g/mol. The lowest BCUT2D eigenvalue weighted by Gasteiger charge is -2.19. The van der Waals surface area contributed by atoms with Gasteiger partial charge in [0.15, 0.2) is 0 Å². The summed E-state index contributed by atoms with van der Waals surface area (Å²) in [5, 5.41) is 3.54. The van der Waals surface area contributed by atoms with Gasteiger partial charge >= 0.3 is 0 Å². The van der Waals surface area contributed by atoms with Gasteiger partial charge < -0.3 is 10.2 Å². The second kappa shape index (κ2) is 6.44. The van der Waals surface area contributed by atoms with Crippen LogP contribution in [0.3, 0.4) is 0 Å². The van der Waals surface area contributed by atoms with Crippen LogP contribution in [0, 0.1) is 6.92 Å². The second-order valence-electron chi connectivity index (χ2n) is 4.65. The molecule has 3 nitrogen and oxygen atoms in total. The van der Waals surface area contributed by atoms with Crippen molar-refractivity contribution in [3.05, 3.63) is 59.1 Å². The van der Waals surface area contributed by atoms with E-state index < -0.39 is 0 Å². The molecule has 0 heterocycles. The van der Waals surface area contributed by atoms with Gasteiger partial charge in [0, 0.05) is 23.4 Å². The van der Waals surface area contributed by atoms with Gasteiger partial charge in [0.25, 0.3) is 0 Å². The van der Waals surface area contributed by atoms with Crippen molar-refractivity contribution >= 4 is 28.9 Å². The number of nitrogens with zero attached hydrogens (tertiary/aromatic N) is 1. The molecule has 104 valence electrons. The van der Waals surface area contributed by atoms with Crippen molar-refractivity contribution in [1.82, 2.24) is 0 Å². The number of carbonyl (C=O) groups excluding carboxylic acids is 1. The molecule has 0 spiro atoms. The van der Waals surface area contributed by atoms with Crippen LogP contribution in [-0.2, 0) is 4.79 Å². The first kappa shape index (κ1) is 14.4. The van der Waals surface area contributed by atoms with Crippen molar-refractivity contribution in [2.75, 3.05) is 23.8 Å². The van der Waals surface area contributed by atoms with Gasteiger partial charge in [-0.2, -0.15) is 0 Å². The van der Waals surface area contributed by atoms with E-state index in [1.807, 2.05) is 67.4 Å². The van der Waals surface area contributed by atoms with E-state index in [1.165, 1.54) is 0 Å². The van der Waals surface area contributed by atoms with Crippen molar-refractivity contribution in [2.45, 2.75) is 6.92 Å². The average Bonchev–Trinajstić information content (AvgIpc) is 2.45. The van der Waals surface area contributed by atoms with Crippen molar-refractivity contribution in [3.8, 4) is 0 Å². The molecule has 2 rings (SSSR count). The maximum atomic E-state index is 12.1. The van der Waals surface area contributed by atoms with Crippen LogP contribution in [0.4, 0.5) is 11.4 Å². The van der Waals surface area contributed by atoms with Crippen molar-refractivity contribution in [2.24, 2.45) is 0 Å². The minimum atomic E-state index is -0.0679. The van der Waals surface area contributed by atoms with Gasteiger partial charge in [0.05, 0.1) is 6.54 Å². The van der Waals surface area contributed by atoms with E-state index in [2.05, 4.69) is 5.32 Å². The molecule has 0 atom stereocenters. The number of amides is 1. The van der Waals surface area contributed by atoms with Crippen molar-refractivity contribution in [1.29, 1.82) is 0 Å². The van der Waals surface area contributed by atoms with Crippen molar-refractivity contribution < 1.29 is 4.79 Å². The van der Waals surface area contributed by atoms with Crippen LogP contribution in [0.2, 0.25) is 5.02 Å². The Morgan fingerprint density at radius 3 is 2.55 bits per heavy atom. The highest BCUT2D eigenvalue weighted by Gasteiger charge is 2.09. The van der Waals surface area contributed by atoms with E-state index in [0.29, 0.717) is 5.02 Å². The summed E-state index contributed by atoms with van der Waals surface area (Å²) in [5.41, 5.74) is 2.64. The van der Waals surface area contributed by atoms with Gasteiger partial charge in [-0.05, 0) is 36.8 Å². The van der Waals surface area contributed by atoms with Gasteiger partial charge in [0.1, 0.15) is 0 Å². The highest BCUT2D eigenvalue weighted by molar-refractivity contribution is 6.31. The summed E-state index contributed by atoms with van der Waals surface area (Å²) in [7, 11) is 1.89. The Bertz CT molecular complexity index is 599. The molecule has 0 aliphatic carbocycles. The Morgan fingerprint density at radius 2 is 1.85 bits per heavy atom. The molecule has 4 heteroatoms. The number of nitrogens with one attached hydrogen (secondary N) is 1. The lowest BCUT2D eigenvalue weighted by Crippen LogP contribution is -2.30. The van der Waals surface area contributed by atoms with Crippen molar-refractivity contribution in [3.63, 3.8) is 0 Å². The van der Waals surface area contributed by atoms with Crippen LogP contribution in [0.15, 0.2) is 48.5 Å². The first-order valence-corrected chi connectivity index (χ1v) is 6.77. The lowest BCUT2D eigenvalue weighted by atomic mass is 10.2. The molecular weight excluding hydrogens is 272 g/mol. The maximum Gasteiger partial charge on any atom is 0.243 e. The number of hydrogen-bond donors (Lipinski definition) is 1. The predicted octanol–water partition coefficient (Wildman–Crippen LogP) is 3.72. The van der Waals surface area contributed by atoms with Gasteiger partial charge in [-0.1, -0.05) is 35.9 Å². The summed E-state index contributed by atoms with van der Waals surface area (Å²) in [6.07, 6.45) is 0. The molecule has 0 saturated heterocycles. The van der Waals surface area contributed by atoms with E-state index in [0.717, 1.165) is 16.9 Å². The first-order chi connectivity index (χ1) is 9.58. The smallest absolute Gasteiger partial charge is 0.243 e. The molecule has 2 aromatic rings. The first-order valence-electron chi connectivity index (χ1n) is 6.39. The zero-order valence-corrected chi connectivity index (χ0v) is 12.3. The summed E-state index contributed by atoms with van der Waals surface area (Å²) in [4.78, 5) is 14.0. The third-order valence-electron chi connectivity index (χ3n) is 3.12. The Balaban J connectivity index is 2.01. The zero-order valence-electron chi connectivity index (χ0n) is 11.6. The van der Waals surface area contributed by atoms with Crippen LogP contribution in [0.25, 0.3) is 0 Å². The Morgan fingerprint density at radius 1 is 1.15 bits per heavy atom. The molecular formula is C16H17ClN2O. The molecule has 0 aliphatic rings. The zero-order chi connectivity index (χ0) is 14.5. The molecule has 20 heavy (non-hydrogen) atoms. The standard InChI is InChI=1S/C16H17ClN2O/c1-12-14(17)9-6-10-15(12)18-16(20)11-19(2)13-7-4-3-5-8-13/h3-10H,11H2,1-2H3,(H,18,20). The number of rotatable bonds is 4. The summed E-state index contributed by atoms with van der Waals surface area (Å²) >= 11 is 6.04. The lowest BCUT2D eigenvalue weighted by molar-refractivity contribution is -0.114. The fourth-order valence-electron chi connectivity index (χ4n) is 1.92. The summed E-state index contributed by atoms with van der Waals surface area (Å²) in [6.45, 7) is 2.18. The highest BCUT2D eigenvalue weighted by Crippen LogP contribution is 2.23. The fourth-order valence-corrected chi connectivity index (χ4v) is 2.10. The SMILES string of the molecule is Cc1c(Cl)cccc1NC(=O)CN(C)c1ccccc1. The summed E-state index contributed by atoms with van der Waals surface area (Å²) in [5.74, 6) is -0.0679. The van der Waals surface area contributed by atoms with E-state index >= 15 is 0 Å². The summed E-state index contributed by atoms with van der Waals surface area (Å²) < 4.78 is 0. The number of benzene rings is 2. The molecule has 2 aromatic carbocycles. The number of likely N-dealkylation sites (N-methyl/N-ethyl adjacent to an activating group) is 1. The molecule has 0 fully saturated rings. The topological polar surface area (TPSA) is 32.3 Å². The number of anilines is 2. The average molecular weight is 289 g/mol. The van der Waals surface area contributed by atoms with Crippen LogP contribution < -0.4 is 10.2 Å². The third kappa shape index (κ3) is 3.52. The molecule has 0 aliphatic heterocycles. The molecule has 0 saturated carbocycles. The number of hydrogen-bond acceptors (Lipinski definition) is 2. The van der Waals surface area contributed by atoms with E-state index in [-0.39, 0.29) is 12.5 Å². The number of halogens is 1. The third-order valence-corrected chi connectivity index (χ3v) is 3.53. The second-order valence-corrected chi connectivity index (χ2v) is 5.06. The Labute approximate surface area is 124 Å². The molecule has 1 amide bonds. The van der Waals surface area contributed by atoms with Gasteiger partial charge in [0.2, 0.25) is 5.91 Å². The molecule has 0 unspecified atom stereocenters. The maximum absolute atomic E-state index is 12.1. The van der Waals surface area contributed by atoms with Gasteiger partial charge in [-0.25, -0.2) is 0 Å². The Hall–Kier alpha value is -2.00. The van der Waals surface area contributed by atoms with E-state index in [1.54, 1.807) is 0 Å². The predicted molar refractivity (Wildman–Crippen MR) is 84.5 cm³/mol. The highest BCUT2D eigenvalue weighted by atomic mass is 35.5. The molecule has 0 bridgehead atoms. The fraction of sp³-hybridized carbons (Fsp3) is 0.188. The van der Waals surface area contributed by atoms with Crippen LogP contribution in [0.1, 0.15) is 5.56 Å². The van der Waals surface area contributed by atoms with Gasteiger partial charge in [-0.15, -0.1) is 0 Å². The normalized spacial score (nSPS) is 10.2. The number of carbonyl (C=O) groups is 1. The molecule has 0 radical (unpaired) electrons. The quantitative estimate of drug-likeness (QED) is 0.930. The minimum absolute atomic E-state index is 0.0679.